The number of aryl methyl sites for hydroxylation is 2. The normalized spacial score (nSPS) is 15.1. The van der Waals surface area contributed by atoms with Crippen molar-refractivity contribution in [1.82, 2.24) is 0 Å². The van der Waals surface area contributed by atoms with E-state index in [0.717, 1.165) is 17.8 Å². The van der Waals surface area contributed by atoms with Crippen LogP contribution in [-0.4, -0.2) is 6.66 Å². The fourth-order valence-electron chi connectivity index (χ4n) is 1.11. The lowest BCUT2D eigenvalue weighted by atomic mass is 10.1. The second kappa shape index (κ2) is 3.52. The quantitative estimate of drug-likeness (QED) is 0.683. The average Bonchev–Trinajstić information content (AvgIpc) is 1.95. The van der Waals surface area contributed by atoms with Crippen molar-refractivity contribution in [3.05, 3.63) is 29.3 Å². The van der Waals surface area contributed by atoms with E-state index in [9.17, 15) is 9.46 Å². The first-order valence-corrected chi connectivity index (χ1v) is 5.93. The van der Waals surface area contributed by atoms with E-state index in [4.69, 9.17) is 4.52 Å². The molecule has 0 saturated carbocycles. The van der Waals surface area contributed by atoms with Crippen molar-refractivity contribution in [2.24, 2.45) is 0 Å². The van der Waals surface area contributed by atoms with Gasteiger partial charge < -0.3 is 9.42 Å². The van der Waals surface area contributed by atoms with E-state index in [1.54, 1.807) is 0 Å². The Bertz CT molecular complexity index is 334. The highest BCUT2D eigenvalue weighted by Crippen LogP contribution is 2.37. The Morgan fingerprint density at radius 2 is 1.77 bits per heavy atom. The van der Waals surface area contributed by atoms with Gasteiger partial charge in [-0.1, -0.05) is 18.2 Å². The molecule has 72 valence electrons. The highest BCUT2D eigenvalue weighted by Gasteiger charge is 2.07. The van der Waals surface area contributed by atoms with E-state index in [-0.39, 0.29) is 0 Å². The van der Waals surface area contributed by atoms with Crippen molar-refractivity contribution in [2.75, 3.05) is 6.66 Å². The first kappa shape index (κ1) is 10.3. The molecular formula is C9H12O3P-. The van der Waals surface area contributed by atoms with Crippen molar-refractivity contribution in [3.8, 4) is 5.75 Å². The standard InChI is InChI=1S/C9H13O3P/c1-7-5-4-6-8(2)9(7)12-13(3,10)11/h4-6H,1-3H3,(H,10,11)/p-1. The summed E-state index contributed by atoms with van der Waals surface area (Å²) in [4.78, 5) is 10.9. The average molecular weight is 199 g/mol. The van der Waals surface area contributed by atoms with Crippen LogP contribution in [0.1, 0.15) is 11.1 Å². The van der Waals surface area contributed by atoms with Crippen LogP contribution in [0.3, 0.4) is 0 Å². The van der Waals surface area contributed by atoms with Gasteiger partial charge in [0, 0.05) is 6.66 Å². The van der Waals surface area contributed by atoms with Crippen molar-refractivity contribution >= 4 is 7.60 Å². The molecule has 0 aromatic heterocycles. The first-order chi connectivity index (χ1) is 5.90. The molecule has 0 N–H and O–H groups in total. The molecule has 4 heteroatoms. The van der Waals surface area contributed by atoms with Crippen LogP contribution in [0.2, 0.25) is 0 Å². The van der Waals surface area contributed by atoms with Gasteiger partial charge in [-0.05, 0) is 25.0 Å². The van der Waals surface area contributed by atoms with Crippen molar-refractivity contribution < 1.29 is 14.0 Å². The minimum atomic E-state index is -3.69. The van der Waals surface area contributed by atoms with Gasteiger partial charge in [0.25, 0.3) is 0 Å². The predicted octanol–water partition coefficient (Wildman–Crippen LogP) is 1.87. The summed E-state index contributed by atoms with van der Waals surface area (Å²) in [7, 11) is -3.69. The molecule has 3 nitrogen and oxygen atoms in total. The third kappa shape index (κ3) is 2.87. The van der Waals surface area contributed by atoms with Gasteiger partial charge in [0.05, 0.1) is 0 Å². The van der Waals surface area contributed by atoms with Crippen LogP contribution < -0.4 is 9.42 Å². The zero-order valence-electron chi connectivity index (χ0n) is 7.90. The molecule has 0 aliphatic rings. The topological polar surface area (TPSA) is 49.4 Å². The molecular weight excluding hydrogens is 187 g/mol. The van der Waals surface area contributed by atoms with Crippen LogP contribution in [0.25, 0.3) is 0 Å². The molecule has 0 aliphatic heterocycles. The maximum Gasteiger partial charge on any atom is 0.181 e. The number of hydrogen-bond acceptors (Lipinski definition) is 3. The lowest BCUT2D eigenvalue weighted by Crippen LogP contribution is -2.06. The molecule has 0 radical (unpaired) electrons. The summed E-state index contributed by atoms with van der Waals surface area (Å²) in [6.07, 6.45) is 0. The van der Waals surface area contributed by atoms with E-state index in [2.05, 4.69) is 0 Å². The van der Waals surface area contributed by atoms with Crippen LogP contribution in [0.15, 0.2) is 18.2 Å². The molecule has 13 heavy (non-hydrogen) atoms. The van der Waals surface area contributed by atoms with Gasteiger partial charge in [0.15, 0.2) is 7.60 Å². The summed E-state index contributed by atoms with van der Waals surface area (Å²) >= 11 is 0. The summed E-state index contributed by atoms with van der Waals surface area (Å²) in [6, 6.07) is 5.50. The van der Waals surface area contributed by atoms with E-state index >= 15 is 0 Å². The zero-order chi connectivity index (χ0) is 10.1. The fraction of sp³-hybridized carbons (Fsp3) is 0.333. The second-order valence-corrected chi connectivity index (χ2v) is 4.81. The Kier molecular flexibility index (Phi) is 2.79. The van der Waals surface area contributed by atoms with Crippen LogP contribution in [0.4, 0.5) is 0 Å². The Labute approximate surface area is 77.9 Å². The van der Waals surface area contributed by atoms with Gasteiger partial charge in [0.2, 0.25) is 0 Å². The van der Waals surface area contributed by atoms with Gasteiger partial charge in [-0.2, -0.15) is 0 Å². The fourth-order valence-corrected chi connectivity index (χ4v) is 1.73. The summed E-state index contributed by atoms with van der Waals surface area (Å²) in [5.41, 5.74) is 1.66. The predicted molar refractivity (Wildman–Crippen MR) is 50.1 cm³/mol. The Hall–Kier alpha value is -0.790. The van der Waals surface area contributed by atoms with Crippen molar-refractivity contribution in [1.29, 1.82) is 0 Å². The molecule has 0 saturated heterocycles. The summed E-state index contributed by atoms with van der Waals surface area (Å²) in [5, 5.41) is 0. The van der Waals surface area contributed by atoms with Crippen LogP contribution in [-0.2, 0) is 4.57 Å². The minimum absolute atomic E-state index is 0.448. The monoisotopic (exact) mass is 199 g/mol. The highest BCUT2D eigenvalue weighted by atomic mass is 31.2. The Balaban J connectivity index is 3.07. The Morgan fingerprint density at radius 1 is 1.31 bits per heavy atom. The Morgan fingerprint density at radius 3 is 2.15 bits per heavy atom. The summed E-state index contributed by atoms with van der Waals surface area (Å²) in [6.45, 7) is 4.70. The molecule has 0 aliphatic carbocycles. The van der Waals surface area contributed by atoms with E-state index in [1.807, 2.05) is 32.0 Å². The third-order valence-electron chi connectivity index (χ3n) is 1.67. The smallest absolute Gasteiger partial charge is 0.181 e. The third-order valence-corrected chi connectivity index (χ3v) is 2.18. The second-order valence-electron chi connectivity index (χ2n) is 3.08. The number of benzene rings is 1. The summed E-state index contributed by atoms with van der Waals surface area (Å²) in [5.74, 6) is 0.448. The lowest BCUT2D eigenvalue weighted by Gasteiger charge is -2.21. The first-order valence-electron chi connectivity index (χ1n) is 3.94. The van der Waals surface area contributed by atoms with Gasteiger partial charge in [0.1, 0.15) is 5.75 Å². The van der Waals surface area contributed by atoms with Crippen LogP contribution in [0.5, 0.6) is 5.75 Å². The van der Waals surface area contributed by atoms with Gasteiger partial charge in [-0.3, -0.25) is 4.57 Å². The van der Waals surface area contributed by atoms with E-state index < -0.39 is 7.60 Å². The zero-order valence-corrected chi connectivity index (χ0v) is 8.80. The van der Waals surface area contributed by atoms with Crippen LogP contribution >= 0.6 is 7.60 Å². The SMILES string of the molecule is Cc1cccc(C)c1OP(C)(=O)[O-]. The van der Waals surface area contributed by atoms with Crippen molar-refractivity contribution in [3.63, 3.8) is 0 Å². The van der Waals surface area contributed by atoms with Crippen molar-refractivity contribution in [2.45, 2.75) is 13.8 Å². The molecule has 1 unspecified atom stereocenters. The minimum Gasteiger partial charge on any atom is -0.769 e. The largest absolute Gasteiger partial charge is 0.769 e. The number of rotatable bonds is 2. The molecule has 0 spiro atoms. The molecule has 0 amide bonds. The lowest BCUT2D eigenvalue weighted by molar-refractivity contribution is -0.188. The molecule has 1 rings (SSSR count). The van der Waals surface area contributed by atoms with Gasteiger partial charge >= 0.3 is 0 Å². The number of para-hydroxylation sites is 1. The maximum absolute atomic E-state index is 10.9. The molecule has 0 bridgehead atoms. The maximum atomic E-state index is 10.9. The van der Waals surface area contributed by atoms with Gasteiger partial charge in [-0.25, -0.2) is 0 Å². The van der Waals surface area contributed by atoms with E-state index in [0.29, 0.717) is 5.75 Å². The number of hydrogen-bond donors (Lipinski definition) is 0. The molecule has 0 fully saturated rings. The molecule has 1 aromatic carbocycles. The highest BCUT2D eigenvalue weighted by molar-refractivity contribution is 7.50. The summed E-state index contributed by atoms with van der Waals surface area (Å²) < 4.78 is 15.8. The van der Waals surface area contributed by atoms with Gasteiger partial charge in [-0.15, -0.1) is 0 Å². The molecule has 1 aromatic rings. The molecule has 1 atom stereocenters. The molecule has 0 heterocycles. The van der Waals surface area contributed by atoms with E-state index in [1.165, 1.54) is 0 Å². The van der Waals surface area contributed by atoms with Crippen LogP contribution in [0, 0.1) is 13.8 Å².